The molecular formula is C15H19NO4. The van der Waals surface area contributed by atoms with Gasteiger partial charge in [0.25, 0.3) is 0 Å². The van der Waals surface area contributed by atoms with Gasteiger partial charge < -0.3 is 14.6 Å². The Bertz CT molecular complexity index is 531. The maximum Gasteiger partial charge on any atom is 0.324 e. The number of rotatable bonds is 4. The van der Waals surface area contributed by atoms with E-state index in [2.05, 4.69) is 4.90 Å². The number of carboxylic acid groups (broad SMARTS) is 1. The summed E-state index contributed by atoms with van der Waals surface area (Å²) >= 11 is 0. The fraction of sp³-hybridized carbons (Fsp3) is 0.533. The summed E-state index contributed by atoms with van der Waals surface area (Å²) in [6, 6.07) is 5.82. The number of nitrogens with zero attached hydrogens (tertiary/aromatic N) is 1. The third kappa shape index (κ3) is 2.02. The molecule has 0 saturated carbocycles. The molecule has 0 aromatic heterocycles. The molecule has 0 radical (unpaired) electrons. The molecule has 2 aliphatic heterocycles. The van der Waals surface area contributed by atoms with Gasteiger partial charge in [-0.15, -0.1) is 0 Å². The first kappa shape index (κ1) is 13.2. The first-order chi connectivity index (χ1) is 9.65. The van der Waals surface area contributed by atoms with Crippen LogP contribution in [-0.4, -0.2) is 34.9 Å². The van der Waals surface area contributed by atoms with Crippen LogP contribution in [0.3, 0.4) is 0 Å². The molecular weight excluding hydrogens is 258 g/mol. The molecule has 1 N–H and O–H groups in total. The second-order valence-corrected chi connectivity index (χ2v) is 5.40. The van der Waals surface area contributed by atoms with E-state index in [1.165, 1.54) is 0 Å². The zero-order chi connectivity index (χ0) is 14.2. The van der Waals surface area contributed by atoms with Crippen molar-refractivity contribution in [3.63, 3.8) is 0 Å². The average Bonchev–Trinajstić information content (AvgIpc) is 3.05. The zero-order valence-corrected chi connectivity index (χ0v) is 11.6. The highest BCUT2D eigenvalue weighted by atomic mass is 16.7. The molecule has 0 aliphatic carbocycles. The summed E-state index contributed by atoms with van der Waals surface area (Å²) in [6.07, 6.45) is 2.29. The molecule has 20 heavy (non-hydrogen) atoms. The van der Waals surface area contributed by atoms with Crippen LogP contribution in [-0.2, 0) is 11.3 Å². The van der Waals surface area contributed by atoms with Crippen molar-refractivity contribution in [1.29, 1.82) is 0 Å². The number of hydrogen-bond acceptors (Lipinski definition) is 4. The summed E-state index contributed by atoms with van der Waals surface area (Å²) in [6.45, 7) is 3.67. The van der Waals surface area contributed by atoms with Crippen molar-refractivity contribution < 1.29 is 19.4 Å². The number of benzene rings is 1. The zero-order valence-electron chi connectivity index (χ0n) is 11.6. The van der Waals surface area contributed by atoms with Gasteiger partial charge in [0, 0.05) is 6.54 Å². The fourth-order valence-corrected chi connectivity index (χ4v) is 3.22. The maximum atomic E-state index is 11.7. The normalized spacial score (nSPS) is 25.1. The second-order valence-electron chi connectivity index (χ2n) is 5.40. The highest BCUT2D eigenvalue weighted by molar-refractivity contribution is 5.79. The Morgan fingerprint density at radius 3 is 2.95 bits per heavy atom. The number of likely N-dealkylation sites (tertiary alicyclic amines) is 1. The van der Waals surface area contributed by atoms with Gasteiger partial charge in [-0.05, 0) is 43.5 Å². The number of fused-ring (bicyclic) bond motifs is 1. The van der Waals surface area contributed by atoms with Crippen molar-refractivity contribution >= 4 is 5.97 Å². The third-order valence-electron chi connectivity index (χ3n) is 4.42. The van der Waals surface area contributed by atoms with E-state index in [9.17, 15) is 9.90 Å². The van der Waals surface area contributed by atoms with E-state index in [-0.39, 0.29) is 6.79 Å². The van der Waals surface area contributed by atoms with Crippen LogP contribution < -0.4 is 9.47 Å². The van der Waals surface area contributed by atoms with Crippen LogP contribution in [0.25, 0.3) is 0 Å². The van der Waals surface area contributed by atoms with Gasteiger partial charge in [-0.2, -0.15) is 0 Å². The Kier molecular flexibility index (Phi) is 3.30. The van der Waals surface area contributed by atoms with Crippen molar-refractivity contribution in [2.45, 2.75) is 38.3 Å². The predicted octanol–water partition coefficient (Wildman–Crippen LogP) is 2.24. The molecule has 108 valence electrons. The maximum absolute atomic E-state index is 11.7. The summed E-state index contributed by atoms with van der Waals surface area (Å²) in [5.74, 6) is 0.799. The standard InChI is InChI=1S/C15H19NO4/c1-2-15(14(17)18)6-3-7-16(15)9-11-4-5-12-13(8-11)20-10-19-12/h4-5,8H,2-3,6-7,9-10H2,1H3,(H,17,18). The van der Waals surface area contributed by atoms with Crippen LogP contribution in [0.1, 0.15) is 31.7 Å². The smallest absolute Gasteiger partial charge is 0.324 e. The van der Waals surface area contributed by atoms with Crippen LogP contribution in [0.5, 0.6) is 11.5 Å². The Hall–Kier alpha value is -1.75. The van der Waals surface area contributed by atoms with Crippen LogP contribution in [0.15, 0.2) is 18.2 Å². The monoisotopic (exact) mass is 277 g/mol. The van der Waals surface area contributed by atoms with Gasteiger partial charge in [0.2, 0.25) is 6.79 Å². The predicted molar refractivity (Wildman–Crippen MR) is 72.9 cm³/mol. The lowest BCUT2D eigenvalue weighted by Crippen LogP contribution is -2.49. The van der Waals surface area contributed by atoms with Gasteiger partial charge in [-0.1, -0.05) is 13.0 Å². The van der Waals surface area contributed by atoms with E-state index in [0.717, 1.165) is 36.4 Å². The first-order valence-electron chi connectivity index (χ1n) is 7.03. The van der Waals surface area contributed by atoms with Crippen LogP contribution in [0.2, 0.25) is 0 Å². The molecule has 1 unspecified atom stereocenters. The van der Waals surface area contributed by atoms with Crippen molar-refractivity contribution in [3.05, 3.63) is 23.8 Å². The molecule has 1 atom stereocenters. The fourth-order valence-electron chi connectivity index (χ4n) is 3.22. The molecule has 0 bridgehead atoms. The average molecular weight is 277 g/mol. The van der Waals surface area contributed by atoms with E-state index in [0.29, 0.717) is 13.0 Å². The molecule has 1 aromatic rings. The molecule has 5 heteroatoms. The minimum atomic E-state index is -0.712. The van der Waals surface area contributed by atoms with Gasteiger partial charge in [0.1, 0.15) is 5.54 Å². The van der Waals surface area contributed by atoms with E-state index < -0.39 is 11.5 Å². The van der Waals surface area contributed by atoms with Gasteiger partial charge in [-0.3, -0.25) is 9.69 Å². The second kappa shape index (κ2) is 4.98. The molecule has 2 aliphatic rings. The minimum absolute atomic E-state index is 0.260. The molecule has 0 spiro atoms. The van der Waals surface area contributed by atoms with E-state index >= 15 is 0 Å². The van der Waals surface area contributed by atoms with Gasteiger partial charge in [0.15, 0.2) is 11.5 Å². The topological polar surface area (TPSA) is 59.0 Å². The van der Waals surface area contributed by atoms with E-state index in [4.69, 9.17) is 9.47 Å². The molecule has 1 aromatic carbocycles. The lowest BCUT2D eigenvalue weighted by atomic mass is 9.92. The van der Waals surface area contributed by atoms with Crippen molar-refractivity contribution in [3.8, 4) is 11.5 Å². The van der Waals surface area contributed by atoms with Crippen LogP contribution in [0.4, 0.5) is 0 Å². The third-order valence-corrected chi connectivity index (χ3v) is 4.42. The summed E-state index contributed by atoms with van der Waals surface area (Å²) in [4.78, 5) is 13.7. The van der Waals surface area contributed by atoms with Crippen LogP contribution in [0, 0.1) is 0 Å². The molecule has 1 saturated heterocycles. The lowest BCUT2D eigenvalue weighted by Gasteiger charge is -2.33. The Labute approximate surface area is 118 Å². The lowest BCUT2D eigenvalue weighted by molar-refractivity contribution is -0.150. The van der Waals surface area contributed by atoms with Crippen molar-refractivity contribution in [2.24, 2.45) is 0 Å². The summed E-state index contributed by atoms with van der Waals surface area (Å²) in [7, 11) is 0. The quantitative estimate of drug-likeness (QED) is 0.914. The van der Waals surface area contributed by atoms with Gasteiger partial charge in [0.05, 0.1) is 0 Å². The summed E-state index contributed by atoms with van der Waals surface area (Å²) in [5, 5.41) is 9.58. The molecule has 0 amide bonds. The Morgan fingerprint density at radius 1 is 1.40 bits per heavy atom. The number of carboxylic acids is 1. The Morgan fingerprint density at radius 2 is 2.20 bits per heavy atom. The summed E-state index contributed by atoms with van der Waals surface area (Å²) < 4.78 is 10.7. The number of carbonyl (C=O) groups is 1. The van der Waals surface area contributed by atoms with Crippen molar-refractivity contribution in [1.82, 2.24) is 4.90 Å². The molecule has 3 rings (SSSR count). The van der Waals surface area contributed by atoms with Crippen LogP contribution >= 0.6 is 0 Å². The highest BCUT2D eigenvalue weighted by Crippen LogP contribution is 2.36. The summed E-state index contributed by atoms with van der Waals surface area (Å²) in [5.41, 5.74) is 0.353. The van der Waals surface area contributed by atoms with Gasteiger partial charge in [-0.25, -0.2) is 0 Å². The van der Waals surface area contributed by atoms with E-state index in [1.54, 1.807) is 0 Å². The molecule has 2 heterocycles. The largest absolute Gasteiger partial charge is 0.480 e. The number of ether oxygens (including phenoxy) is 2. The number of hydrogen-bond donors (Lipinski definition) is 1. The van der Waals surface area contributed by atoms with E-state index in [1.807, 2.05) is 25.1 Å². The first-order valence-corrected chi connectivity index (χ1v) is 7.03. The Balaban J connectivity index is 1.81. The SMILES string of the molecule is CCC1(C(=O)O)CCCN1Cc1ccc2c(c1)OCO2. The van der Waals surface area contributed by atoms with Gasteiger partial charge >= 0.3 is 5.97 Å². The number of aliphatic carboxylic acids is 1. The minimum Gasteiger partial charge on any atom is -0.480 e. The molecule has 5 nitrogen and oxygen atoms in total. The molecule has 1 fully saturated rings. The highest BCUT2D eigenvalue weighted by Gasteiger charge is 2.45. The van der Waals surface area contributed by atoms with Crippen molar-refractivity contribution in [2.75, 3.05) is 13.3 Å².